The summed E-state index contributed by atoms with van der Waals surface area (Å²) >= 11 is 1.75. The lowest BCUT2D eigenvalue weighted by Crippen LogP contribution is -2.41. The Morgan fingerprint density at radius 2 is 0.913 bits per heavy atom. The van der Waals surface area contributed by atoms with E-state index in [9.17, 15) is 38.7 Å². The SMILES string of the molecule is CC.CSC.CSSC.O=CC(CCCCNC(=O)COCCOCCNC(=O)COCCOCCNC(=O)CCC(NC(=O)CCCCCCCCCCCCCCCCC(=O)O)C(=O)O)NP. The first kappa shape index (κ1) is 73.3. The van der Waals surface area contributed by atoms with Gasteiger partial charge in [0.1, 0.15) is 25.5 Å². The number of unbranched alkanes of at least 4 members (excludes halogenated alkanes) is 14. The van der Waals surface area contributed by atoms with Crippen molar-refractivity contribution in [1.82, 2.24) is 26.4 Å². The Balaban J connectivity index is -0.00000216. The first-order valence-electron chi connectivity index (χ1n) is 24.6. The van der Waals surface area contributed by atoms with Crippen molar-refractivity contribution >= 4 is 84.6 Å². The molecule has 0 bridgehead atoms. The zero-order chi connectivity index (χ0) is 52.4. The summed E-state index contributed by atoms with van der Waals surface area (Å²) in [6.45, 7) is 6.10. The lowest BCUT2D eigenvalue weighted by atomic mass is 10.0. The second kappa shape index (κ2) is 61.9. The summed E-state index contributed by atoms with van der Waals surface area (Å²) in [6, 6.07) is -1.34. The topological polar surface area (TPSA) is 257 Å². The third-order valence-corrected chi connectivity index (χ3v) is 11.3. The Labute approximate surface area is 430 Å². The molecular formula is C47H94N5O13PS3. The number of carbonyl (C=O) groups is 7. The summed E-state index contributed by atoms with van der Waals surface area (Å²) in [4.78, 5) is 81.1. The molecule has 0 aliphatic heterocycles. The fraction of sp³-hybridized carbons (Fsp3) is 0.851. The van der Waals surface area contributed by atoms with Crippen LogP contribution >= 0.6 is 42.7 Å². The molecular weight excluding hydrogens is 970 g/mol. The maximum absolute atomic E-state index is 12.3. The molecule has 0 rings (SSSR count). The summed E-state index contributed by atoms with van der Waals surface area (Å²) in [6.07, 6.45) is 26.8. The Morgan fingerprint density at radius 1 is 0.507 bits per heavy atom. The monoisotopic (exact) mass is 1060 g/mol. The highest BCUT2D eigenvalue weighted by molar-refractivity contribution is 8.76. The number of carbonyl (C=O) groups excluding carboxylic acids is 5. The van der Waals surface area contributed by atoms with Crippen molar-refractivity contribution in [1.29, 1.82) is 0 Å². The summed E-state index contributed by atoms with van der Waals surface area (Å²) in [5.74, 6) is -3.12. The van der Waals surface area contributed by atoms with Crippen LogP contribution in [0, 0.1) is 0 Å². The predicted molar refractivity (Wildman–Crippen MR) is 287 cm³/mol. The highest BCUT2D eigenvalue weighted by Crippen LogP contribution is 2.14. The molecule has 0 radical (unpaired) electrons. The number of aldehydes is 1. The quantitative estimate of drug-likeness (QED) is 0.0143. The highest BCUT2D eigenvalue weighted by Gasteiger charge is 2.21. The Morgan fingerprint density at radius 3 is 1.32 bits per heavy atom. The van der Waals surface area contributed by atoms with Gasteiger partial charge < -0.3 is 55.2 Å². The number of rotatable bonds is 46. The summed E-state index contributed by atoms with van der Waals surface area (Å²) in [5, 5.41) is 31.6. The molecule has 0 heterocycles. The zero-order valence-electron chi connectivity index (χ0n) is 43.0. The Bertz CT molecular complexity index is 1220. The number of hydrogen-bond acceptors (Lipinski definition) is 15. The van der Waals surface area contributed by atoms with Gasteiger partial charge in [-0.1, -0.05) is 122 Å². The van der Waals surface area contributed by atoms with Crippen LogP contribution in [-0.2, 0) is 52.5 Å². The van der Waals surface area contributed by atoms with Crippen molar-refractivity contribution in [2.45, 2.75) is 161 Å². The van der Waals surface area contributed by atoms with Gasteiger partial charge in [0.2, 0.25) is 23.6 Å². The maximum atomic E-state index is 12.3. The second-order valence-electron chi connectivity index (χ2n) is 15.4. The average Bonchev–Trinajstić information content (AvgIpc) is 3.33. The van der Waals surface area contributed by atoms with E-state index in [0.29, 0.717) is 19.4 Å². The zero-order valence-corrected chi connectivity index (χ0v) is 46.7. The van der Waals surface area contributed by atoms with E-state index < -0.39 is 18.0 Å². The van der Waals surface area contributed by atoms with Gasteiger partial charge in [-0.2, -0.15) is 11.8 Å². The first-order valence-corrected chi connectivity index (χ1v) is 29.8. The number of ether oxygens (including phenoxy) is 4. The molecule has 408 valence electrons. The first-order chi connectivity index (χ1) is 33.4. The van der Waals surface area contributed by atoms with Crippen molar-refractivity contribution in [3.8, 4) is 0 Å². The molecule has 0 saturated heterocycles. The van der Waals surface area contributed by atoms with Crippen LogP contribution in [0.1, 0.15) is 149 Å². The van der Waals surface area contributed by atoms with Gasteiger partial charge in [0.25, 0.3) is 0 Å². The van der Waals surface area contributed by atoms with Crippen molar-refractivity contribution in [2.24, 2.45) is 0 Å². The molecule has 0 saturated carbocycles. The minimum Gasteiger partial charge on any atom is -0.481 e. The van der Waals surface area contributed by atoms with Gasteiger partial charge in [-0.15, -0.1) is 0 Å². The number of aliphatic carboxylic acids is 2. The Hall–Kier alpha value is -2.23. The van der Waals surface area contributed by atoms with Gasteiger partial charge in [0.15, 0.2) is 0 Å². The lowest BCUT2D eigenvalue weighted by Gasteiger charge is -2.14. The van der Waals surface area contributed by atoms with Gasteiger partial charge in [-0.3, -0.25) is 29.1 Å². The fourth-order valence-electron chi connectivity index (χ4n) is 5.88. The average molecular weight is 1060 g/mol. The van der Waals surface area contributed by atoms with E-state index in [4.69, 9.17) is 24.1 Å². The van der Waals surface area contributed by atoms with E-state index in [1.54, 1.807) is 33.3 Å². The summed E-state index contributed by atoms with van der Waals surface area (Å²) < 4.78 is 21.3. The number of carboxylic acids is 2. The van der Waals surface area contributed by atoms with E-state index in [1.165, 1.54) is 44.9 Å². The van der Waals surface area contributed by atoms with Crippen LogP contribution in [0.2, 0.25) is 0 Å². The minimum atomic E-state index is -1.18. The van der Waals surface area contributed by atoms with Crippen LogP contribution in [-0.4, -0.2) is 162 Å². The van der Waals surface area contributed by atoms with Gasteiger partial charge in [-0.05, 0) is 63.5 Å². The van der Waals surface area contributed by atoms with E-state index in [1.807, 2.05) is 26.4 Å². The van der Waals surface area contributed by atoms with Gasteiger partial charge >= 0.3 is 11.9 Å². The van der Waals surface area contributed by atoms with Crippen molar-refractivity contribution in [3.05, 3.63) is 0 Å². The van der Waals surface area contributed by atoms with Crippen LogP contribution in [0.3, 0.4) is 0 Å². The molecule has 0 aliphatic rings. The molecule has 0 aromatic rings. The fourth-order valence-corrected chi connectivity index (χ4v) is 6.12. The smallest absolute Gasteiger partial charge is 0.326 e. The van der Waals surface area contributed by atoms with Crippen LogP contribution in [0.25, 0.3) is 0 Å². The number of thioether (sulfide) groups is 1. The molecule has 0 aromatic carbocycles. The molecule has 7 N–H and O–H groups in total. The van der Waals surface area contributed by atoms with Crippen LogP contribution in [0.15, 0.2) is 0 Å². The third kappa shape index (κ3) is 63.8. The largest absolute Gasteiger partial charge is 0.481 e. The van der Waals surface area contributed by atoms with Crippen molar-refractivity contribution < 1.29 is 62.7 Å². The van der Waals surface area contributed by atoms with E-state index in [2.05, 4.69) is 48.3 Å². The van der Waals surface area contributed by atoms with Gasteiger partial charge in [0, 0.05) is 38.9 Å². The summed E-state index contributed by atoms with van der Waals surface area (Å²) in [7, 11) is 5.86. The van der Waals surface area contributed by atoms with Crippen LogP contribution in [0.5, 0.6) is 0 Å². The minimum absolute atomic E-state index is 0.0260. The van der Waals surface area contributed by atoms with E-state index in [-0.39, 0.29) is 121 Å². The molecule has 0 aliphatic carbocycles. The number of nitrogens with one attached hydrogen (secondary N) is 5. The number of carboxylic acid groups (broad SMARTS) is 2. The predicted octanol–water partition coefficient (Wildman–Crippen LogP) is 6.83. The summed E-state index contributed by atoms with van der Waals surface area (Å²) in [5.41, 5.74) is 0. The normalized spacial score (nSPS) is 11.2. The van der Waals surface area contributed by atoms with Crippen LogP contribution < -0.4 is 26.4 Å². The van der Waals surface area contributed by atoms with Gasteiger partial charge in [0.05, 0.1) is 45.7 Å². The van der Waals surface area contributed by atoms with E-state index >= 15 is 0 Å². The second-order valence-corrected chi connectivity index (χ2v) is 19.2. The molecule has 4 amide bonds. The van der Waals surface area contributed by atoms with Crippen LogP contribution in [0.4, 0.5) is 0 Å². The molecule has 0 fully saturated rings. The maximum Gasteiger partial charge on any atom is 0.326 e. The Kier molecular flexibility index (Phi) is 65.8. The standard InChI is InChI=1S/C41H76N5O13P.C2H6S2.C2H6S.C2H6/c47-31-34(46-60)17-15-16-22-42-38(50)32-58-29-28-57-26-24-44-39(51)33-59-30-27-56-25-23-43-36(48)21-20-35(41(54)55)45-37(49)18-13-11-9-7-5-3-1-2-4-6-8-10-12-14-19-40(52)53;1-3-4-2;1-3-2;1-2/h31,34-35,46H,1-30,32-33,60H2,(H,42,50)(H,43,48)(H,44,51)(H,45,49)(H,52,53)(H,54,55);1-2H3;1-2H3;1-2H3. The molecule has 0 aromatic heterocycles. The molecule has 3 unspecified atom stereocenters. The van der Waals surface area contributed by atoms with Crippen molar-refractivity contribution in [3.63, 3.8) is 0 Å². The molecule has 22 heteroatoms. The molecule has 3 atom stereocenters. The van der Waals surface area contributed by atoms with Crippen molar-refractivity contribution in [2.75, 3.05) is 97.5 Å². The highest BCUT2D eigenvalue weighted by atomic mass is 33.1. The molecule has 18 nitrogen and oxygen atoms in total. The molecule has 0 spiro atoms. The van der Waals surface area contributed by atoms with Gasteiger partial charge in [-0.25, -0.2) is 4.79 Å². The number of hydrogen-bond donors (Lipinski definition) is 7. The third-order valence-electron chi connectivity index (χ3n) is 9.49. The van der Waals surface area contributed by atoms with E-state index in [0.717, 1.165) is 57.7 Å². The number of amides is 4. The molecule has 69 heavy (non-hydrogen) atoms. The lowest BCUT2D eigenvalue weighted by molar-refractivity contribution is -0.142.